The molecule has 2 aliphatic heterocycles. The Morgan fingerprint density at radius 3 is 0.920 bits per heavy atom. The zero-order valence-electron chi connectivity index (χ0n) is 46.2. The van der Waals surface area contributed by atoms with Crippen LogP contribution in [0.2, 0.25) is 0 Å². The van der Waals surface area contributed by atoms with Gasteiger partial charge in [0.1, 0.15) is 26.2 Å². The SMILES string of the molecule is CC(C)(C)c1cc(-c2cc3ccccc3c3c2C[N+]2(Cc4ccc5ccccc5c4-c4c(ccc5ccccc45)C2)Cc2c(-c4cc(C(C)(C)C)cc(C(C)(C)C)c4)cc4ccccc4c2-3)cc(C(C)(C)C)c1.F.[F-]. The first-order valence-electron chi connectivity index (χ1n) is 26.9. The average molecular weight is 990 g/mol. The number of benzene rings is 10. The molecule has 0 unspecified atom stereocenters. The van der Waals surface area contributed by atoms with Gasteiger partial charge in [-0.1, -0.05) is 241 Å². The monoisotopic (exact) mass is 990 g/mol. The molecule has 12 rings (SSSR count). The summed E-state index contributed by atoms with van der Waals surface area (Å²) in [7, 11) is 0. The molecule has 10 aromatic rings. The molecule has 2 aliphatic rings. The number of nitrogens with zero attached hydrogens (tertiary/aromatic N) is 1. The summed E-state index contributed by atoms with van der Waals surface area (Å²) in [5, 5.41) is 10.5. The van der Waals surface area contributed by atoms with E-state index in [0.717, 1.165) is 30.7 Å². The van der Waals surface area contributed by atoms with Crippen LogP contribution in [-0.2, 0) is 47.8 Å². The average Bonchev–Trinajstić information content (AvgIpc) is 3.59. The summed E-state index contributed by atoms with van der Waals surface area (Å²) in [6.45, 7) is 32.1. The van der Waals surface area contributed by atoms with E-state index < -0.39 is 0 Å². The van der Waals surface area contributed by atoms with Gasteiger partial charge in [0.15, 0.2) is 0 Å². The molecule has 75 heavy (non-hydrogen) atoms. The molecule has 0 bridgehead atoms. The lowest BCUT2D eigenvalue weighted by atomic mass is 9.76. The predicted octanol–water partition coefficient (Wildman–Crippen LogP) is 16.9. The lowest BCUT2D eigenvalue weighted by molar-refractivity contribution is -0.977. The third kappa shape index (κ3) is 8.85. The van der Waals surface area contributed by atoms with E-state index >= 15 is 0 Å². The van der Waals surface area contributed by atoms with Crippen molar-refractivity contribution in [2.75, 3.05) is 0 Å². The van der Waals surface area contributed by atoms with Crippen molar-refractivity contribution in [3.05, 3.63) is 214 Å². The molecule has 0 aliphatic carbocycles. The second-order valence-corrected chi connectivity index (χ2v) is 26.2. The zero-order chi connectivity index (χ0) is 51.0. The predicted molar refractivity (Wildman–Crippen MR) is 317 cm³/mol. The van der Waals surface area contributed by atoms with Crippen molar-refractivity contribution in [2.45, 2.75) is 131 Å². The van der Waals surface area contributed by atoms with Gasteiger partial charge in [0.2, 0.25) is 0 Å². The second-order valence-electron chi connectivity index (χ2n) is 26.2. The van der Waals surface area contributed by atoms with Crippen molar-refractivity contribution in [3.8, 4) is 44.5 Å². The topological polar surface area (TPSA) is 0 Å². The van der Waals surface area contributed by atoms with Crippen LogP contribution < -0.4 is 4.70 Å². The van der Waals surface area contributed by atoms with Crippen molar-refractivity contribution in [1.29, 1.82) is 0 Å². The molecule has 0 atom stereocenters. The minimum absolute atomic E-state index is 0. The fraction of sp³-hybridized carbons (Fsp3) is 0.278. The molecule has 2 heterocycles. The Morgan fingerprint density at radius 1 is 0.307 bits per heavy atom. The molecule has 0 saturated carbocycles. The van der Waals surface area contributed by atoms with Gasteiger partial charge in [0.05, 0.1) is 0 Å². The lowest BCUT2D eigenvalue weighted by Crippen LogP contribution is -3.00. The highest BCUT2D eigenvalue weighted by Crippen LogP contribution is 2.54. The fourth-order valence-corrected chi connectivity index (χ4v) is 12.7. The summed E-state index contributed by atoms with van der Waals surface area (Å²) >= 11 is 0. The van der Waals surface area contributed by atoms with Crippen molar-refractivity contribution < 1.29 is 13.9 Å². The summed E-state index contributed by atoms with van der Waals surface area (Å²) in [6.07, 6.45) is 0. The van der Waals surface area contributed by atoms with Gasteiger partial charge >= 0.3 is 0 Å². The maximum absolute atomic E-state index is 2.57. The zero-order valence-corrected chi connectivity index (χ0v) is 46.2. The van der Waals surface area contributed by atoms with Crippen LogP contribution in [0.25, 0.3) is 87.6 Å². The molecular weight excluding hydrogens is 917 g/mol. The summed E-state index contributed by atoms with van der Waals surface area (Å²) in [5.41, 5.74) is 22.1. The third-order valence-corrected chi connectivity index (χ3v) is 16.8. The summed E-state index contributed by atoms with van der Waals surface area (Å²) in [5.74, 6) is 0. The van der Waals surface area contributed by atoms with E-state index in [9.17, 15) is 0 Å². The summed E-state index contributed by atoms with van der Waals surface area (Å²) in [4.78, 5) is 0. The molecule has 0 N–H and O–H groups in total. The molecule has 0 aromatic heterocycles. The molecule has 0 amide bonds. The minimum Gasteiger partial charge on any atom is -1.00 e. The van der Waals surface area contributed by atoms with Gasteiger partial charge in [-0.15, -0.1) is 0 Å². The van der Waals surface area contributed by atoms with E-state index in [1.165, 1.54) is 132 Å². The van der Waals surface area contributed by atoms with Gasteiger partial charge in [0, 0.05) is 33.4 Å². The molecule has 1 spiro atoms. The highest BCUT2D eigenvalue weighted by Gasteiger charge is 2.42. The number of rotatable bonds is 2. The Kier molecular flexibility index (Phi) is 12.5. The first-order chi connectivity index (χ1) is 34.6. The number of hydrogen-bond acceptors (Lipinski definition) is 0. The fourth-order valence-electron chi connectivity index (χ4n) is 12.7. The normalized spacial score (nSPS) is 14.3. The lowest BCUT2D eigenvalue weighted by Gasteiger charge is -2.39. The number of fused-ring (bicyclic) bond motifs is 14. The Morgan fingerprint density at radius 2 is 0.600 bits per heavy atom. The van der Waals surface area contributed by atoms with Crippen LogP contribution in [0.5, 0.6) is 0 Å². The van der Waals surface area contributed by atoms with Gasteiger partial charge in [-0.25, -0.2) is 0 Å². The Labute approximate surface area is 444 Å². The standard InChI is InChI=1S/C72H72N.2FH/c1-69(2,3)53-33-51(34-54(39-53)70(4,5)6)61-37-47-23-15-19-27-59(47)67-63(61)43-73(41-49-31-29-45-21-13-17-25-57(45)65(49)66-50(42-73)32-30-46-22-14-18-26-58(46)66)44-64-62(38-48-24-16-20-28-60(48)68(64)67)52-35-55(71(7,8)9)40-56(36-52)72(10,11)12;;/h13-40H,41-44H2,1-12H3;2*1H/q+1;;/p-1. The molecule has 3 heteroatoms. The number of hydrogen-bond donors (Lipinski definition) is 0. The smallest absolute Gasteiger partial charge is 0.106 e. The molecule has 0 radical (unpaired) electrons. The van der Waals surface area contributed by atoms with Crippen LogP contribution >= 0.6 is 0 Å². The Hall–Kier alpha value is -6.94. The van der Waals surface area contributed by atoms with Crippen LogP contribution in [0.4, 0.5) is 4.70 Å². The van der Waals surface area contributed by atoms with E-state index in [4.69, 9.17) is 0 Å². The first kappa shape index (κ1) is 51.5. The van der Waals surface area contributed by atoms with Gasteiger partial charge < -0.3 is 9.19 Å². The van der Waals surface area contributed by atoms with Crippen molar-refractivity contribution in [1.82, 2.24) is 0 Å². The van der Waals surface area contributed by atoms with Gasteiger partial charge in [-0.2, -0.15) is 0 Å². The van der Waals surface area contributed by atoms with E-state index in [1.54, 1.807) is 0 Å². The highest BCUT2D eigenvalue weighted by atomic mass is 19.0. The molecule has 1 nitrogen and oxygen atoms in total. The second kappa shape index (κ2) is 18.1. The van der Waals surface area contributed by atoms with Crippen LogP contribution in [-0.4, -0.2) is 4.48 Å². The molecular formula is C72H73F2N. The third-order valence-electron chi connectivity index (χ3n) is 16.8. The molecule has 0 saturated heterocycles. The van der Waals surface area contributed by atoms with E-state index in [2.05, 4.69) is 253 Å². The van der Waals surface area contributed by atoms with Gasteiger partial charge in [0.25, 0.3) is 0 Å². The van der Waals surface area contributed by atoms with Gasteiger partial charge in [-0.05, 0) is 133 Å². The summed E-state index contributed by atoms with van der Waals surface area (Å²) in [6, 6.07) is 66.9. The van der Waals surface area contributed by atoms with Crippen molar-refractivity contribution >= 4 is 43.1 Å². The van der Waals surface area contributed by atoms with Crippen LogP contribution in [0.1, 0.15) is 128 Å². The molecule has 380 valence electrons. The summed E-state index contributed by atoms with van der Waals surface area (Å²) < 4.78 is 0.851. The maximum Gasteiger partial charge on any atom is 0.106 e. The highest BCUT2D eigenvalue weighted by molar-refractivity contribution is 6.12. The minimum atomic E-state index is -0.0352. The van der Waals surface area contributed by atoms with Crippen molar-refractivity contribution in [2.24, 2.45) is 0 Å². The van der Waals surface area contributed by atoms with Crippen LogP contribution in [0.3, 0.4) is 0 Å². The van der Waals surface area contributed by atoms with E-state index in [0.29, 0.717) is 0 Å². The van der Waals surface area contributed by atoms with Gasteiger partial charge in [-0.3, -0.25) is 4.70 Å². The Bertz CT molecular complexity index is 3580. The van der Waals surface area contributed by atoms with Crippen LogP contribution in [0.15, 0.2) is 170 Å². The first-order valence-corrected chi connectivity index (χ1v) is 26.9. The number of quaternary nitrogens is 1. The number of halogens is 2. The van der Waals surface area contributed by atoms with E-state index in [-0.39, 0.29) is 31.1 Å². The van der Waals surface area contributed by atoms with E-state index in [1.807, 2.05) is 0 Å². The van der Waals surface area contributed by atoms with Crippen LogP contribution in [0, 0.1) is 0 Å². The maximum atomic E-state index is 2.57. The molecule has 0 fully saturated rings. The Balaban J connectivity index is 0.00000321. The quantitative estimate of drug-likeness (QED) is 0.151. The molecule has 10 aromatic carbocycles. The largest absolute Gasteiger partial charge is 1.00 e. The van der Waals surface area contributed by atoms with Crippen molar-refractivity contribution in [3.63, 3.8) is 0 Å².